The first kappa shape index (κ1) is 14.8. The molecule has 1 heterocycles. The van der Waals surface area contributed by atoms with Gasteiger partial charge in [0.1, 0.15) is 4.34 Å². The van der Waals surface area contributed by atoms with Crippen LogP contribution in [0.5, 0.6) is 0 Å². The van der Waals surface area contributed by atoms with Crippen molar-refractivity contribution in [2.45, 2.75) is 6.54 Å². The molecule has 0 radical (unpaired) electrons. The van der Waals surface area contributed by atoms with Gasteiger partial charge >= 0.3 is 0 Å². The molecule has 0 unspecified atom stereocenters. The van der Waals surface area contributed by atoms with Crippen molar-refractivity contribution in [3.63, 3.8) is 0 Å². The van der Waals surface area contributed by atoms with Crippen molar-refractivity contribution in [3.8, 4) is 0 Å². The molecule has 2 aromatic rings. The third-order valence-electron chi connectivity index (χ3n) is 2.31. The number of nitro benzene ring substituents is 1. The minimum absolute atomic E-state index is 0.0486. The highest BCUT2D eigenvalue weighted by molar-refractivity contribution is 9.11. The Kier molecular flexibility index (Phi) is 4.83. The summed E-state index contributed by atoms with van der Waals surface area (Å²) in [5, 5.41) is 13.9. The van der Waals surface area contributed by atoms with E-state index >= 15 is 0 Å². The second-order valence-corrected chi connectivity index (χ2v) is 7.06. The zero-order valence-electron chi connectivity index (χ0n) is 9.32. The van der Waals surface area contributed by atoms with Crippen molar-refractivity contribution in [1.82, 2.24) is 0 Å². The molecular weight excluding hydrogens is 419 g/mol. The second-order valence-electron chi connectivity index (χ2n) is 3.61. The molecule has 0 fully saturated rings. The lowest BCUT2D eigenvalue weighted by molar-refractivity contribution is -0.385. The maximum Gasteiger partial charge on any atom is 0.283 e. The van der Waals surface area contributed by atoms with Gasteiger partial charge in [0.15, 0.2) is 0 Å². The summed E-state index contributed by atoms with van der Waals surface area (Å²) >= 11 is 14.0. The highest BCUT2D eigenvalue weighted by Gasteiger charge is 2.11. The molecule has 4 nitrogen and oxygen atoms in total. The highest BCUT2D eigenvalue weighted by Crippen LogP contribution is 2.33. The van der Waals surface area contributed by atoms with Gasteiger partial charge in [-0.05, 0) is 50.1 Å². The summed E-state index contributed by atoms with van der Waals surface area (Å²) in [4.78, 5) is 11.3. The summed E-state index contributed by atoms with van der Waals surface area (Å²) in [6.07, 6.45) is 0. The van der Waals surface area contributed by atoms with E-state index in [9.17, 15) is 10.1 Å². The van der Waals surface area contributed by atoms with Crippen LogP contribution in [0.1, 0.15) is 4.88 Å². The topological polar surface area (TPSA) is 55.2 Å². The molecular formula is C11H7Br2ClN2O2S. The number of rotatable bonds is 4. The molecule has 19 heavy (non-hydrogen) atoms. The minimum atomic E-state index is -0.427. The summed E-state index contributed by atoms with van der Waals surface area (Å²) in [6, 6.07) is 6.76. The van der Waals surface area contributed by atoms with Crippen LogP contribution < -0.4 is 5.32 Å². The van der Waals surface area contributed by atoms with E-state index in [2.05, 4.69) is 37.2 Å². The Morgan fingerprint density at radius 3 is 2.58 bits per heavy atom. The number of halogens is 3. The molecule has 1 aromatic heterocycles. The molecule has 0 aliphatic heterocycles. The van der Waals surface area contributed by atoms with Gasteiger partial charge in [0, 0.05) is 27.6 Å². The molecule has 0 atom stereocenters. The monoisotopic (exact) mass is 424 g/mol. The molecule has 8 heteroatoms. The van der Waals surface area contributed by atoms with E-state index in [0.29, 0.717) is 15.4 Å². The molecule has 1 N–H and O–H groups in total. The fraction of sp³-hybridized carbons (Fsp3) is 0.0909. The van der Waals surface area contributed by atoms with Gasteiger partial charge in [0.05, 0.1) is 9.40 Å². The van der Waals surface area contributed by atoms with E-state index in [4.69, 9.17) is 11.6 Å². The van der Waals surface area contributed by atoms with Gasteiger partial charge in [-0.3, -0.25) is 10.1 Å². The Morgan fingerprint density at radius 2 is 2.05 bits per heavy atom. The molecule has 1 aromatic carbocycles. The largest absolute Gasteiger partial charge is 0.380 e. The first-order chi connectivity index (χ1) is 8.97. The quantitative estimate of drug-likeness (QED) is 0.523. The normalized spacial score (nSPS) is 10.5. The van der Waals surface area contributed by atoms with Gasteiger partial charge in [-0.25, -0.2) is 0 Å². The lowest BCUT2D eigenvalue weighted by Crippen LogP contribution is -1.98. The predicted octanol–water partition coefficient (Wildman–Crippen LogP) is 5.45. The van der Waals surface area contributed by atoms with E-state index in [1.165, 1.54) is 17.4 Å². The van der Waals surface area contributed by atoms with E-state index in [1.807, 2.05) is 6.07 Å². The highest BCUT2D eigenvalue weighted by atomic mass is 79.9. The summed E-state index contributed by atoms with van der Waals surface area (Å²) in [5.41, 5.74) is 0.852. The molecule has 2 rings (SSSR count). The number of nitrogens with one attached hydrogen (secondary N) is 1. The van der Waals surface area contributed by atoms with Crippen LogP contribution in [0, 0.1) is 10.1 Å². The van der Waals surface area contributed by atoms with E-state index in [1.54, 1.807) is 12.1 Å². The average Bonchev–Trinajstić information content (AvgIpc) is 2.66. The van der Waals surface area contributed by atoms with E-state index in [-0.39, 0.29) is 5.69 Å². The van der Waals surface area contributed by atoms with Crippen LogP contribution >= 0.6 is 54.8 Å². The lowest BCUT2D eigenvalue weighted by atomic mass is 10.3. The van der Waals surface area contributed by atoms with Crippen LogP contribution in [-0.2, 0) is 6.54 Å². The second kappa shape index (κ2) is 6.21. The van der Waals surface area contributed by atoms with Crippen molar-refractivity contribution < 1.29 is 4.92 Å². The van der Waals surface area contributed by atoms with Crippen LogP contribution in [0.2, 0.25) is 4.34 Å². The van der Waals surface area contributed by atoms with E-state index < -0.39 is 4.92 Å². The standard InChI is InChI=1S/C11H7Br2ClN2O2S/c12-8-3-6(1-2-10(8)16(17)18)15-5-7-4-9(13)11(14)19-7/h1-4,15H,5H2. The van der Waals surface area contributed by atoms with Crippen molar-refractivity contribution in [2.75, 3.05) is 5.32 Å². The first-order valence-electron chi connectivity index (χ1n) is 5.09. The summed E-state index contributed by atoms with van der Waals surface area (Å²) in [5.74, 6) is 0. The first-order valence-corrected chi connectivity index (χ1v) is 7.87. The number of benzene rings is 1. The molecule has 0 spiro atoms. The van der Waals surface area contributed by atoms with Gasteiger partial charge in [-0.1, -0.05) is 11.6 Å². The average molecular weight is 427 g/mol. The van der Waals surface area contributed by atoms with Crippen LogP contribution in [0.4, 0.5) is 11.4 Å². The van der Waals surface area contributed by atoms with Gasteiger partial charge in [-0.2, -0.15) is 0 Å². The van der Waals surface area contributed by atoms with Gasteiger partial charge in [0.25, 0.3) is 5.69 Å². The molecule has 0 saturated heterocycles. The fourth-order valence-electron chi connectivity index (χ4n) is 1.43. The lowest BCUT2D eigenvalue weighted by Gasteiger charge is -2.05. The molecule has 0 saturated carbocycles. The van der Waals surface area contributed by atoms with Gasteiger partial charge < -0.3 is 5.32 Å². The molecule has 0 bridgehead atoms. The van der Waals surface area contributed by atoms with Gasteiger partial charge in [0.2, 0.25) is 0 Å². The predicted molar refractivity (Wildman–Crippen MR) is 85.2 cm³/mol. The Hall–Kier alpha value is -0.630. The number of hydrogen-bond donors (Lipinski definition) is 1. The summed E-state index contributed by atoms with van der Waals surface area (Å²) in [6.45, 7) is 0.611. The smallest absolute Gasteiger partial charge is 0.283 e. The maximum absolute atomic E-state index is 10.7. The number of anilines is 1. The van der Waals surface area contributed by atoms with Crippen LogP contribution in [0.25, 0.3) is 0 Å². The number of hydrogen-bond acceptors (Lipinski definition) is 4. The Bertz CT molecular complexity index is 614. The molecule has 0 aliphatic carbocycles. The third kappa shape index (κ3) is 3.68. The molecule has 100 valence electrons. The van der Waals surface area contributed by atoms with Crippen LogP contribution in [-0.4, -0.2) is 4.92 Å². The maximum atomic E-state index is 10.7. The number of nitrogens with zero attached hydrogens (tertiary/aromatic N) is 1. The van der Waals surface area contributed by atoms with Crippen molar-refractivity contribution >= 4 is 66.2 Å². The van der Waals surface area contributed by atoms with Crippen LogP contribution in [0.3, 0.4) is 0 Å². The Labute approximate surface area is 135 Å². The van der Waals surface area contributed by atoms with E-state index in [0.717, 1.165) is 15.0 Å². The SMILES string of the molecule is O=[N+]([O-])c1ccc(NCc2cc(Br)c(Cl)s2)cc1Br. The van der Waals surface area contributed by atoms with Crippen molar-refractivity contribution in [2.24, 2.45) is 0 Å². The number of nitro groups is 1. The van der Waals surface area contributed by atoms with Crippen molar-refractivity contribution in [1.29, 1.82) is 0 Å². The van der Waals surface area contributed by atoms with Crippen LogP contribution in [0.15, 0.2) is 33.2 Å². The molecule has 0 amide bonds. The fourth-order valence-corrected chi connectivity index (χ4v) is 3.69. The summed E-state index contributed by atoms with van der Waals surface area (Å²) in [7, 11) is 0. The minimum Gasteiger partial charge on any atom is -0.380 e. The van der Waals surface area contributed by atoms with Crippen molar-refractivity contribution in [3.05, 3.63) is 52.5 Å². The Balaban J connectivity index is 2.08. The zero-order chi connectivity index (χ0) is 14.0. The summed E-state index contributed by atoms with van der Waals surface area (Å²) < 4.78 is 2.04. The number of thiophene rings is 1. The Morgan fingerprint density at radius 1 is 1.32 bits per heavy atom. The molecule has 0 aliphatic rings. The van der Waals surface area contributed by atoms with Gasteiger partial charge in [-0.15, -0.1) is 11.3 Å². The zero-order valence-corrected chi connectivity index (χ0v) is 14.1. The third-order valence-corrected chi connectivity index (χ3v) is 5.42.